The second-order valence-electron chi connectivity index (χ2n) is 5.35. The average Bonchev–Trinajstić information content (AvgIpc) is 2.47. The van der Waals surface area contributed by atoms with Crippen LogP contribution in [0.2, 0.25) is 0 Å². The van der Waals surface area contributed by atoms with Crippen molar-refractivity contribution in [3.8, 4) is 0 Å². The standard InChI is InChI=1S/C15H20N2O5/c1-21-13(22-2)10-16-14(18)15(8-3-9-15)11-4-6-12(7-5-11)17(19)20/h4-7,13H,3,8-10H2,1-2H3,(H,16,18). The lowest BCUT2D eigenvalue weighted by Crippen LogP contribution is -2.51. The van der Waals surface area contributed by atoms with Gasteiger partial charge in [0.05, 0.1) is 16.9 Å². The summed E-state index contributed by atoms with van der Waals surface area (Å²) in [5, 5.41) is 13.6. The lowest BCUT2D eigenvalue weighted by atomic mass is 9.64. The average molecular weight is 308 g/mol. The van der Waals surface area contributed by atoms with Crippen molar-refractivity contribution in [3.05, 3.63) is 39.9 Å². The van der Waals surface area contributed by atoms with Crippen molar-refractivity contribution in [2.24, 2.45) is 0 Å². The van der Waals surface area contributed by atoms with Gasteiger partial charge < -0.3 is 14.8 Å². The number of nitrogens with zero attached hydrogens (tertiary/aromatic N) is 1. The molecule has 0 aliphatic heterocycles. The molecule has 1 amide bonds. The number of carbonyl (C=O) groups is 1. The second kappa shape index (κ2) is 6.85. The van der Waals surface area contributed by atoms with Crippen LogP contribution in [0.25, 0.3) is 0 Å². The number of carbonyl (C=O) groups excluding carboxylic acids is 1. The van der Waals surface area contributed by atoms with Crippen LogP contribution in [0.15, 0.2) is 24.3 Å². The third kappa shape index (κ3) is 3.10. The first kappa shape index (κ1) is 16.4. The van der Waals surface area contributed by atoms with E-state index in [0.717, 1.165) is 24.8 Å². The summed E-state index contributed by atoms with van der Waals surface area (Å²) in [6.45, 7) is 0.264. The zero-order valence-electron chi connectivity index (χ0n) is 12.7. The van der Waals surface area contributed by atoms with Gasteiger partial charge in [0.1, 0.15) is 0 Å². The van der Waals surface area contributed by atoms with Crippen LogP contribution in [-0.2, 0) is 19.7 Å². The molecule has 7 nitrogen and oxygen atoms in total. The molecule has 1 saturated carbocycles. The van der Waals surface area contributed by atoms with Gasteiger partial charge >= 0.3 is 0 Å². The summed E-state index contributed by atoms with van der Waals surface area (Å²) in [7, 11) is 3.02. The monoisotopic (exact) mass is 308 g/mol. The topological polar surface area (TPSA) is 90.7 Å². The smallest absolute Gasteiger partial charge is 0.269 e. The fourth-order valence-electron chi connectivity index (χ4n) is 2.69. The number of hydrogen-bond acceptors (Lipinski definition) is 5. The Bertz CT molecular complexity index is 535. The molecule has 0 aromatic heterocycles. The van der Waals surface area contributed by atoms with E-state index in [0.29, 0.717) is 0 Å². The first-order valence-corrected chi connectivity index (χ1v) is 7.12. The molecular weight excluding hydrogens is 288 g/mol. The molecule has 1 N–H and O–H groups in total. The highest BCUT2D eigenvalue weighted by Crippen LogP contribution is 2.44. The van der Waals surface area contributed by atoms with Crippen LogP contribution < -0.4 is 5.32 Å². The van der Waals surface area contributed by atoms with Crippen molar-refractivity contribution in [3.63, 3.8) is 0 Å². The van der Waals surface area contributed by atoms with Crippen molar-refractivity contribution in [1.82, 2.24) is 5.32 Å². The van der Waals surface area contributed by atoms with Gasteiger partial charge in [-0.25, -0.2) is 0 Å². The van der Waals surface area contributed by atoms with Crippen molar-refractivity contribution >= 4 is 11.6 Å². The number of amides is 1. The SMILES string of the molecule is COC(CNC(=O)C1(c2ccc([N+](=O)[O-])cc2)CCC1)OC. The lowest BCUT2D eigenvalue weighted by molar-refractivity contribution is -0.384. The van der Waals surface area contributed by atoms with E-state index in [1.54, 1.807) is 12.1 Å². The fourth-order valence-corrected chi connectivity index (χ4v) is 2.69. The summed E-state index contributed by atoms with van der Waals surface area (Å²) in [5.74, 6) is -0.0910. The van der Waals surface area contributed by atoms with Gasteiger partial charge in [0.25, 0.3) is 5.69 Å². The summed E-state index contributed by atoms with van der Waals surface area (Å²) in [6, 6.07) is 6.22. The molecule has 1 aromatic carbocycles. The molecule has 1 aliphatic carbocycles. The van der Waals surface area contributed by atoms with Crippen molar-refractivity contribution < 1.29 is 19.2 Å². The van der Waals surface area contributed by atoms with Crippen molar-refractivity contribution in [2.75, 3.05) is 20.8 Å². The molecule has 0 radical (unpaired) electrons. The van der Waals surface area contributed by atoms with E-state index >= 15 is 0 Å². The lowest BCUT2D eigenvalue weighted by Gasteiger charge is -2.40. The Morgan fingerprint density at radius 3 is 2.32 bits per heavy atom. The Morgan fingerprint density at radius 2 is 1.91 bits per heavy atom. The van der Waals surface area contributed by atoms with Gasteiger partial charge in [0.2, 0.25) is 5.91 Å². The third-order valence-electron chi connectivity index (χ3n) is 4.23. The molecule has 1 aliphatic rings. The zero-order chi connectivity index (χ0) is 16.2. The number of non-ortho nitro benzene ring substituents is 1. The van der Waals surface area contributed by atoms with Gasteiger partial charge in [0, 0.05) is 26.4 Å². The molecule has 0 bridgehead atoms. The molecule has 7 heteroatoms. The van der Waals surface area contributed by atoms with Crippen LogP contribution in [0.1, 0.15) is 24.8 Å². The number of nitrogens with one attached hydrogen (secondary N) is 1. The van der Waals surface area contributed by atoms with E-state index in [2.05, 4.69) is 5.32 Å². The predicted molar refractivity (Wildman–Crippen MR) is 79.4 cm³/mol. The Balaban J connectivity index is 2.11. The Morgan fingerprint density at radius 1 is 1.32 bits per heavy atom. The molecule has 1 fully saturated rings. The molecule has 0 spiro atoms. The highest BCUT2D eigenvalue weighted by atomic mass is 16.7. The third-order valence-corrected chi connectivity index (χ3v) is 4.23. The number of benzene rings is 1. The molecular formula is C15H20N2O5. The first-order valence-electron chi connectivity index (χ1n) is 7.12. The molecule has 2 rings (SSSR count). The maximum Gasteiger partial charge on any atom is 0.269 e. The normalized spacial score (nSPS) is 16.1. The fraction of sp³-hybridized carbons (Fsp3) is 0.533. The molecule has 0 saturated heterocycles. The summed E-state index contributed by atoms with van der Waals surface area (Å²) in [4.78, 5) is 22.8. The van der Waals surface area contributed by atoms with Crippen LogP contribution in [-0.4, -0.2) is 37.9 Å². The van der Waals surface area contributed by atoms with Crippen LogP contribution in [0.3, 0.4) is 0 Å². The van der Waals surface area contributed by atoms with Crippen LogP contribution in [0.5, 0.6) is 0 Å². The van der Waals surface area contributed by atoms with Crippen LogP contribution >= 0.6 is 0 Å². The summed E-state index contributed by atoms with van der Waals surface area (Å²) >= 11 is 0. The van der Waals surface area contributed by atoms with E-state index in [4.69, 9.17) is 9.47 Å². The van der Waals surface area contributed by atoms with Gasteiger partial charge in [-0.15, -0.1) is 0 Å². The number of nitro groups is 1. The van der Waals surface area contributed by atoms with Crippen molar-refractivity contribution in [1.29, 1.82) is 0 Å². The van der Waals surface area contributed by atoms with Gasteiger partial charge in [-0.1, -0.05) is 18.6 Å². The molecule has 1 aromatic rings. The quantitative estimate of drug-likeness (QED) is 0.471. The van der Waals surface area contributed by atoms with E-state index in [9.17, 15) is 14.9 Å². The van der Waals surface area contributed by atoms with Crippen LogP contribution in [0, 0.1) is 10.1 Å². The minimum atomic E-state index is -0.596. The minimum Gasteiger partial charge on any atom is -0.354 e. The number of hydrogen-bond donors (Lipinski definition) is 1. The first-order chi connectivity index (χ1) is 10.5. The second-order valence-corrected chi connectivity index (χ2v) is 5.35. The molecule has 120 valence electrons. The minimum absolute atomic E-state index is 0.0254. The summed E-state index contributed by atoms with van der Waals surface area (Å²) in [6.07, 6.45) is 1.95. The van der Waals surface area contributed by atoms with Gasteiger partial charge in [-0.05, 0) is 18.4 Å². The largest absolute Gasteiger partial charge is 0.354 e. The van der Waals surface area contributed by atoms with Crippen molar-refractivity contribution in [2.45, 2.75) is 31.0 Å². The maximum atomic E-state index is 12.5. The molecule has 0 unspecified atom stereocenters. The van der Waals surface area contributed by atoms with Gasteiger partial charge in [-0.2, -0.15) is 0 Å². The predicted octanol–water partition coefficient (Wildman–Crippen LogP) is 1.75. The van der Waals surface area contributed by atoms with E-state index < -0.39 is 16.6 Å². The number of nitro benzene ring substituents is 1. The van der Waals surface area contributed by atoms with Gasteiger partial charge in [0.15, 0.2) is 6.29 Å². The van der Waals surface area contributed by atoms with E-state index in [1.165, 1.54) is 26.4 Å². The molecule has 22 heavy (non-hydrogen) atoms. The highest BCUT2D eigenvalue weighted by Gasteiger charge is 2.45. The molecule has 0 atom stereocenters. The highest BCUT2D eigenvalue weighted by molar-refractivity contribution is 5.89. The maximum absolute atomic E-state index is 12.5. The summed E-state index contributed by atoms with van der Waals surface area (Å²) in [5.41, 5.74) is 0.243. The Kier molecular flexibility index (Phi) is 5.10. The van der Waals surface area contributed by atoms with Gasteiger partial charge in [-0.3, -0.25) is 14.9 Å². The van der Waals surface area contributed by atoms with E-state index in [-0.39, 0.29) is 18.1 Å². The van der Waals surface area contributed by atoms with Crippen LogP contribution in [0.4, 0.5) is 5.69 Å². The molecule has 0 heterocycles. The number of methoxy groups -OCH3 is 2. The number of ether oxygens (including phenoxy) is 2. The number of rotatable bonds is 7. The Labute approximate surface area is 128 Å². The zero-order valence-corrected chi connectivity index (χ0v) is 12.7. The Hall–Kier alpha value is -1.99. The van der Waals surface area contributed by atoms with E-state index in [1.807, 2.05) is 0 Å². The summed E-state index contributed by atoms with van der Waals surface area (Å²) < 4.78 is 10.1.